The second-order valence-electron chi connectivity index (χ2n) is 7.10. The van der Waals surface area contributed by atoms with Gasteiger partial charge in [-0.1, -0.05) is 31.2 Å². The third-order valence-electron chi connectivity index (χ3n) is 5.44. The Labute approximate surface area is 170 Å². The Balaban J connectivity index is 1.97. The van der Waals surface area contributed by atoms with Crippen LogP contribution < -0.4 is 10.2 Å². The van der Waals surface area contributed by atoms with Gasteiger partial charge in [-0.15, -0.1) is 11.8 Å². The second kappa shape index (κ2) is 7.84. The molecule has 0 radical (unpaired) electrons. The molecule has 5 heteroatoms. The van der Waals surface area contributed by atoms with Crippen molar-refractivity contribution in [2.24, 2.45) is 0 Å². The van der Waals surface area contributed by atoms with Gasteiger partial charge >= 0.3 is 0 Å². The van der Waals surface area contributed by atoms with Crippen molar-refractivity contribution in [1.82, 2.24) is 0 Å². The molecule has 144 valence electrons. The van der Waals surface area contributed by atoms with Crippen LogP contribution in [0.4, 0.5) is 11.4 Å². The summed E-state index contributed by atoms with van der Waals surface area (Å²) < 4.78 is 0. The van der Waals surface area contributed by atoms with Gasteiger partial charge in [-0.25, -0.2) is 0 Å². The van der Waals surface area contributed by atoms with Crippen molar-refractivity contribution in [2.75, 3.05) is 16.5 Å². The highest BCUT2D eigenvalue weighted by molar-refractivity contribution is 7.98. The quantitative estimate of drug-likeness (QED) is 0.718. The molecule has 0 fully saturated rings. The van der Waals surface area contributed by atoms with E-state index in [1.54, 1.807) is 11.8 Å². The SMILES string of the molecule is CCC(=O)N1c2ccccc2NC2=C(C(=O)CCC2)[C@H]1c1ccc(SC)cc1. The maximum Gasteiger partial charge on any atom is 0.227 e. The lowest BCUT2D eigenvalue weighted by molar-refractivity contribution is -0.118. The Morgan fingerprint density at radius 2 is 1.89 bits per heavy atom. The molecule has 4 rings (SSSR count). The molecule has 28 heavy (non-hydrogen) atoms. The van der Waals surface area contributed by atoms with Crippen LogP contribution in [0.3, 0.4) is 0 Å². The molecule has 1 heterocycles. The number of nitrogens with zero attached hydrogens (tertiary/aromatic N) is 1. The van der Waals surface area contributed by atoms with E-state index in [9.17, 15) is 9.59 Å². The first-order valence-electron chi connectivity index (χ1n) is 9.72. The van der Waals surface area contributed by atoms with Gasteiger partial charge < -0.3 is 5.32 Å². The van der Waals surface area contributed by atoms with E-state index in [4.69, 9.17) is 0 Å². The van der Waals surface area contributed by atoms with Gasteiger partial charge in [0.05, 0.1) is 17.4 Å². The van der Waals surface area contributed by atoms with E-state index in [2.05, 4.69) is 17.4 Å². The van der Waals surface area contributed by atoms with E-state index in [0.29, 0.717) is 12.8 Å². The van der Waals surface area contributed by atoms with Crippen molar-refractivity contribution in [2.45, 2.75) is 43.5 Å². The molecule has 0 aromatic heterocycles. The monoisotopic (exact) mass is 392 g/mol. The van der Waals surface area contributed by atoms with Crippen molar-refractivity contribution in [3.05, 3.63) is 65.4 Å². The summed E-state index contributed by atoms with van der Waals surface area (Å²) in [4.78, 5) is 29.2. The number of para-hydroxylation sites is 2. The van der Waals surface area contributed by atoms with Crippen LogP contribution in [-0.2, 0) is 9.59 Å². The first-order chi connectivity index (χ1) is 13.6. The number of nitrogens with one attached hydrogen (secondary N) is 1. The highest BCUT2D eigenvalue weighted by Gasteiger charge is 2.38. The van der Waals surface area contributed by atoms with Crippen LogP contribution in [0.25, 0.3) is 0 Å². The Morgan fingerprint density at radius 3 is 2.61 bits per heavy atom. The number of ketones is 1. The molecule has 4 nitrogen and oxygen atoms in total. The fourth-order valence-corrected chi connectivity index (χ4v) is 4.49. The number of rotatable bonds is 3. The topological polar surface area (TPSA) is 49.4 Å². The third-order valence-corrected chi connectivity index (χ3v) is 6.18. The molecule has 0 spiro atoms. The Morgan fingerprint density at radius 1 is 1.14 bits per heavy atom. The molecule has 2 aromatic rings. The number of allylic oxidation sites excluding steroid dienone is 1. The predicted molar refractivity (Wildman–Crippen MR) is 115 cm³/mol. The molecule has 1 atom stereocenters. The van der Waals surface area contributed by atoms with Gasteiger partial charge in [0.15, 0.2) is 5.78 Å². The van der Waals surface area contributed by atoms with E-state index >= 15 is 0 Å². The lowest BCUT2D eigenvalue weighted by Crippen LogP contribution is -2.37. The lowest BCUT2D eigenvalue weighted by Gasteiger charge is -2.33. The van der Waals surface area contributed by atoms with Crippen LogP contribution in [0.5, 0.6) is 0 Å². The number of hydrogen-bond donors (Lipinski definition) is 1. The average Bonchev–Trinajstić information content (AvgIpc) is 2.88. The minimum absolute atomic E-state index is 0.0142. The van der Waals surface area contributed by atoms with Crippen molar-refractivity contribution in [1.29, 1.82) is 0 Å². The Bertz CT molecular complexity index is 949. The van der Waals surface area contributed by atoms with Crippen LogP contribution in [-0.4, -0.2) is 17.9 Å². The van der Waals surface area contributed by atoms with Crippen LogP contribution in [0.1, 0.15) is 44.2 Å². The van der Waals surface area contributed by atoms with Gasteiger partial charge in [0.1, 0.15) is 0 Å². The zero-order valence-corrected chi connectivity index (χ0v) is 17.0. The highest BCUT2D eigenvalue weighted by atomic mass is 32.2. The largest absolute Gasteiger partial charge is 0.357 e. The predicted octanol–water partition coefficient (Wildman–Crippen LogP) is 5.33. The standard InChI is InChI=1S/C23H24N2O2S/c1-3-21(27)25-19-9-5-4-7-17(19)24-18-8-6-10-20(26)22(18)23(25)15-11-13-16(28-2)14-12-15/h4-5,7,9,11-14,23-24H,3,6,8,10H2,1-2H3/t23-/m1/s1. The van der Waals surface area contributed by atoms with Gasteiger partial charge in [-0.05, 0) is 48.9 Å². The van der Waals surface area contributed by atoms with Gasteiger partial charge in [-0.2, -0.15) is 0 Å². The van der Waals surface area contributed by atoms with Crippen molar-refractivity contribution in [3.8, 4) is 0 Å². The van der Waals surface area contributed by atoms with E-state index < -0.39 is 6.04 Å². The number of hydrogen-bond acceptors (Lipinski definition) is 4. The summed E-state index contributed by atoms with van der Waals surface area (Å²) >= 11 is 1.68. The average molecular weight is 393 g/mol. The number of Topliss-reactive ketones (excluding diaryl/α,β-unsaturated/α-hetero) is 1. The zero-order valence-electron chi connectivity index (χ0n) is 16.2. The first-order valence-corrected chi connectivity index (χ1v) is 10.9. The lowest BCUT2D eigenvalue weighted by atomic mass is 9.85. The summed E-state index contributed by atoms with van der Waals surface area (Å²) in [6.07, 6.45) is 4.61. The third kappa shape index (κ3) is 3.24. The fourth-order valence-electron chi connectivity index (χ4n) is 4.08. The number of carbonyl (C=O) groups is 2. The summed E-state index contributed by atoms with van der Waals surface area (Å²) in [6.45, 7) is 1.87. The first kappa shape index (κ1) is 18.8. The number of benzene rings is 2. The highest BCUT2D eigenvalue weighted by Crippen LogP contribution is 2.45. The second-order valence-corrected chi connectivity index (χ2v) is 7.98. The molecule has 1 N–H and O–H groups in total. The molecule has 0 saturated carbocycles. The zero-order chi connectivity index (χ0) is 19.7. The number of amides is 1. The fraction of sp³-hybridized carbons (Fsp3) is 0.304. The Hall–Kier alpha value is -2.53. The number of fused-ring (bicyclic) bond motifs is 1. The van der Waals surface area contributed by atoms with Crippen molar-refractivity contribution >= 4 is 34.8 Å². The molecule has 1 amide bonds. The summed E-state index contributed by atoms with van der Waals surface area (Å²) in [5.41, 5.74) is 4.38. The number of anilines is 2. The molecule has 1 aliphatic carbocycles. The van der Waals surface area contributed by atoms with Gasteiger partial charge in [-0.3, -0.25) is 14.5 Å². The molecule has 2 aromatic carbocycles. The Kier molecular flexibility index (Phi) is 5.27. The van der Waals surface area contributed by atoms with Crippen LogP contribution >= 0.6 is 11.8 Å². The smallest absolute Gasteiger partial charge is 0.227 e. The van der Waals surface area contributed by atoms with Crippen LogP contribution in [0, 0.1) is 0 Å². The van der Waals surface area contributed by atoms with E-state index in [1.165, 1.54) is 0 Å². The molecule has 1 aliphatic heterocycles. The van der Waals surface area contributed by atoms with Crippen molar-refractivity contribution in [3.63, 3.8) is 0 Å². The maximum absolute atomic E-state index is 13.1. The van der Waals surface area contributed by atoms with Crippen molar-refractivity contribution < 1.29 is 9.59 Å². The maximum atomic E-state index is 13.1. The molecule has 2 aliphatic rings. The van der Waals surface area contributed by atoms with E-state index in [0.717, 1.165) is 45.9 Å². The molecule has 0 bridgehead atoms. The molecule has 0 unspecified atom stereocenters. The summed E-state index contributed by atoms with van der Waals surface area (Å²) in [7, 11) is 0. The minimum Gasteiger partial charge on any atom is -0.357 e. The van der Waals surface area contributed by atoms with Gasteiger partial charge in [0, 0.05) is 29.0 Å². The van der Waals surface area contributed by atoms with E-state index in [1.807, 2.05) is 54.5 Å². The molecular formula is C23H24N2O2S. The van der Waals surface area contributed by atoms with Gasteiger partial charge in [0.25, 0.3) is 0 Å². The molecular weight excluding hydrogens is 368 g/mol. The number of carbonyl (C=O) groups excluding carboxylic acids is 2. The van der Waals surface area contributed by atoms with Crippen LogP contribution in [0.15, 0.2) is 64.7 Å². The summed E-state index contributed by atoms with van der Waals surface area (Å²) in [5, 5.41) is 3.48. The van der Waals surface area contributed by atoms with E-state index in [-0.39, 0.29) is 11.7 Å². The summed E-state index contributed by atoms with van der Waals surface area (Å²) in [5.74, 6) is 0.148. The van der Waals surface area contributed by atoms with Crippen LogP contribution in [0.2, 0.25) is 0 Å². The summed E-state index contributed by atoms with van der Waals surface area (Å²) in [6, 6.07) is 15.7. The molecule has 0 saturated heterocycles. The van der Waals surface area contributed by atoms with Gasteiger partial charge in [0.2, 0.25) is 5.91 Å². The normalized spacial score (nSPS) is 18.9. The number of thioether (sulfide) groups is 1. The minimum atomic E-state index is -0.401.